The van der Waals surface area contributed by atoms with E-state index < -0.39 is 0 Å². The van der Waals surface area contributed by atoms with E-state index in [1.54, 1.807) is 0 Å². The highest BCUT2D eigenvalue weighted by Gasteiger charge is 2.34. The van der Waals surface area contributed by atoms with Crippen LogP contribution in [0.4, 0.5) is 5.69 Å². The highest BCUT2D eigenvalue weighted by atomic mass is 35.5. The smallest absolute Gasteiger partial charge is 0.255 e. The van der Waals surface area contributed by atoms with Gasteiger partial charge in [-0.05, 0) is 50.3 Å². The Balaban J connectivity index is 1.68. The van der Waals surface area contributed by atoms with Crippen LogP contribution in [0.15, 0.2) is 17.2 Å². The van der Waals surface area contributed by atoms with Gasteiger partial charge in [-0.1, -0.05) is 23.1 Å². The number of hydrogen-bond acceptors (Lipinski definition) is 4. The number of phenols is 1. The van der Waals surface area contributed by atoms with Gasteiger partial charge in [0.1, 0.15) is 5.75 Å². The summed E-state index contributed by atoms with van der Waals surface area (Å²) in [4.78, 5) is 17.7. The van der Waals surface area contributed by atoms with Crippen LogP contribution in [-0.2, 0) is 0 Å². The number of carbonyl (C=O) groups excluding carboxylic acids is 1. The molecule has 7 nitrogen and oxygen atoms in total. The van der Waals surface area contributed by atoms with Crippen LogP contribution in [0.5, 0.6) is 5.75 Å². The summed E-state index contributed by atoms with van der Waals surface area (Å²) in [5.41, 5.74) is 8.68. The molecule has 2 N–H and O–H groups in total. The van der Waals surface area contributed by atoms with Crippen molar-refractivity contribution in [3.8, 4) is 5.75 Å². The normalized spacial score (nSPS) is 26.4. The number of amides is 1. The topological polar surface area (TPSA) is 101 Å². The van der Waals surface area contributed by atoms with Crippen LogP contribution in [0.2, 0.25) is 5.02 Å². The number of nitrogens with one attached hydrogen (secondary N) is 1. The number of fused-ring (bicyclic) bond motifs is 1. The van der Waals surface area contributed by atoms with Gasteiger partial charge in [-0.2, -0.15) is 0 Å². The van der Waals surface area contributed by atoms with Gasteiger partial charge in [0, 0.05) is 29.6 Å². The second-order valence-electron chi connectivity index (χ2n) is 6.88. The molecule has 0 spiro atoms. The lowest BCUT2D eigenvalue weighted by Crippen LogP contribution is -2.54. The molecule has 0 aliphatic carbocycles. The van der Waals surface area contributed by atoms with E-state index in [0.29, 0.717) is 12.1 Å². The van der Waals surface area contributed by atoms with Crippen LogP contribution < -0.4 is 5.32 Å². The van der Waals surface area contributed by atoms with Crippen LogP contribution >= 0.6 is 11.6 Å². The van der Waals surface area contributed by atoms with Gasteiger partial charge in [0.2, 0.25) is 0 Å². The molecule has 2 aliphatic heterocycles. The Bertz CT molecular complexity index is 719. The molecule has 1 aromatic carbocycles. The zero-order valence-electron chi connectivity index (χ0n) is 14.2. The Morgan fingerprint density at radius 3 is 3.00 bits per heavy atom. The highest BCUT2D eigenvalue weighted by Crippen LogP contribution is 2.33. The van der Waals surface area contributed by atoms with Gasteiger partial charge >= 0.3 is 0 Å². The molecular weight excluding hydrogens is 342 g/mol. The molecule has 0 bridgehead atoms. The lowest BCUT2D eigenvalue weighted by molar-refractivity contribution is 0.0457. The first-order chi connectivity index (χ1) is 12.0. The van der Waals surface area contributed by atoms with E-state index in [1.807, 2.05) is 0 Å². The zero-order chi connectivity index (χ0) is 18.0. The molecule has 2 fully saturated rings. The minimum atomic E-state index is -0.353. The molecule has 0 saturated carbocycles. The number of benzene rings is 1. The van der Waals surface area contributed by atoms with E-state index in [9.17, 15) is 9.90 Å². The van der Waals surface area contributed by atoms with Crippen molar-refractivity contribution in [2.24, 2.45) is 5.11 Å². The number of piperidine rings is 2. The first kappa shape index (κ1) is 17.9. The molecule has 0 aromatic heterocycles. The number of phenolic OH excluding ortho intramolecular Hbond substituents is 1. The predicted octanol–water partition coefficient (Wildman–Crippen LogP) is 4.12. The average molecular weight is 364 g/mol. The number of hydrogen-bond donors (Lipinski definition) is 2. The average Bonchev–Trinajstić information content (AvgIpc) is 2.58. The van der Waals surface area contributed by atoms with Crippen LogP contribution in [0, 0.1) is 0 Å². The third kappa shape index (κ3) is 3.84. The summed E-state index contributed by atoms with van der Waals surface area (Å²) in [6.07, 6.45) is 5.49. The second-order valence-corrected chi connectivity index (χ2v) is 7.28. The molecule has 1 aromatic rings. The first-order valence-corrected chi connectivity index (χ1v) is 9.01. The highest BCUT2D eigenvalue weighted by molar-refractivity contribution is 6.33. The molecule has 2 heterocycles. The van der Waals surface area contributed by atoms with Gasteiger partial charge in [-0.25, -0.2) is 0 Å². The number of azide groups is 1. The largest absolute Gasteiger partial charge is 0.507 e. The molecule has 0 radical (unpaired) electrons. The molecular formula is C17H22ClN5O2. The standard InChI is InChI=1S/C17H22ClN5O2/c1-10-3-2-4-12-7-11(5-6-23(10)12)20-17(25)13-8-14(18)15(21-22-19)9-16(13)24/h8-12,24H,2-7H2,1H3,(H,20,25)/t10-,11+,12-/m1/s1. The summed E-state index contributed by atoms with van der Waals surface area (Å²) in [6, 6.07) is 3.78. The molecule has 2 aliphatic rings. The molecule has 1 amide bonds. The molecule has 2 saturated heterocycles. The molecule has 8 heteroatoms. The maximum Gasteiger partial charge on any atom is 0.255 e. The van der Waals surface area contributed by atoms with E-state index in [-0.39, 0.29) is 34.0 Å². The van der Waals surface area contributed by atoms with Gasteiger partial charge in [0.05, 0.1) is 16.3 Å². The Labute approximate surface area is 151 Å². The fourth-order valence-electron chi connectivity index (χ4n) is 4.00. The zero-order valence-corrected chi connectivity index (χ0v) is 14.9. The number of carbonyl (C=O) groups is 1. The predicted molar refractivity (Wildman–Crippen MR) is 96.2 cm³/mol. The summed E-state index contributed by atoms with van der Waals surface area (Å²) in [6.45, 7) is 3.26. The summed E-state index contributed by atoms with van der Waals surface area (Å²) in [5.74, 6) is -0.595. The van der Waals surface area contributed by atoms with Gasteiger partial charge in [0.25, 0.3) is 5.91 Å². The lowest BCUT2D eigenvalue weighted by atomic mass is 9.87. The lowest BCUT2D eigenvalue weighted by Gasteiger charge is -2.46. The maximum atomic E-state index is 12.5. The first-order valence-electron chi connectivity index (χ1n) is 8.63. The monoisotopic (exact) mass is 363 g/mol. The van der Waals surface area contributed by atoms with Crippen LogP contribution in [-0.4, -0.2) is 40.6 Å². The van der Waals surface area contributed by atoms with E-state index in [4.69, 9.17) is 17.1 Å². The molecule has 134 valence electrons. The third-order valence-corrected chi connectivity index (χ3v) is 5.59. The molecule has 3 atom stereocenters. The minimum Gasteiger partial charge on any atom is -0.507 e. The van der Waals surface area contributed by atoms with Crippen molar-refractivity contribution in [3.63, 3.8) is 0 Å². The summed E-state index contributed by atoms with van der Waals surface area (Å²) in [5, 5.41) is 16.6. The number of rotatable bonds is 3. The Kier molecular flexibility index (Phi) is 5.37. The van der Waals surface area contributed by atoms with Crippen LogP contribution in [0.1, 0.15) is 49.4 Å². The number of aromatic hydroxyl groups is 1. The molecule has 3 rings (SSSR count). The summed E-state index contributed by atoms with van der Waals surface area (Å²) in [7, 11) is 0. The van der Waals surface area contributed by atoms with E-state index in [1.165, 1.54) is 31.4 Å². The quantitative estimate of drug-likeness (QED) is 0.479. The van der Waals surface area contributed by atoms with Crippen molar-refractivity contribution in [2.45, 2.75) is 57.2 Å². The van der Waals surface area contributed by atoms with Crippen molar-refractivity contribution >= 4 is 23.2 Å². The Hall–Kier alpha value is -1.95. The number of nitrogens with zero attached hydrogens (tertiary/aromatic N) is 4. The fourth-order valence-corrected chi connectivity index (χ4v) is 4.20. The van der Waals surface area contributed by atoms with Gasteiger partial charge in [-0.15, -0.1) is 0 Å². The van der Waals surface area contributed by atoms with Gasteiger partial charge < -0.3 is 10.4 Å². The SMILES string of the molecule is C[C@@H]1CCC[C@@H]2C[C@@H](NC(=O)c3cc(Cl)c(N=[N+]=[N-])cc3O)CCN21. The van der Waals surface area contributed by atoms with Crippen LogP contribution in [0.25, 0.3) is 10.4 Å². The minimum absolute atomic E-state index is 0.0917. The second kappa shape index (κ2) is 7.52. The van der Waals surface area contributed by atoms with Crippen molar-refractivity contribution in [2.75, 3.05) is 6.54 Å². The van der Waals surface area contributed by atoms with Crippen LogP contribution in [0.3, 0.4) is 0 Å². The van der Waals surface area contributed by atoms with Gasteiger partial charge in [-0.3, -0.25) is 9.69 Å². The van der Waals surface area contributed by atoms with Crippen molar-refractivity contribution < 1.29 is 9.90 Å². The molecule has 25 heavy (non-hydrogen) atoms. The van der Waals surface area contributed by atoms with Crippen molar-refractivity contribution in [1.29, 1.82) is 0 Å². The summed E-state index contributed by atoms with van der Waals surface area (Å²) >= 11 is 6.01. The Morgan fingerprint density at radius 2 is 2.24 bits per heavy atom. The molecule has 0 unspecified atom stereocenters. The maximum absolute atomic E-state index is 12.5. The van der Waals surface area contributed by atoms with Crippen molar-refractivity contribution in [3.05, 3.63) is 33.2 Å². The van der Waals surface area contributed by atoms with Gasteiger partial charge in [0.15, 0.2) is 0 Å². The van der Waals surface area contributed by atoms with Crippen molar-refractivity contribution in [1.82, 2.24) is 10.2 Å². The fraction of sp³-hybridized carbons (Fsp3) is 0.588. The van der Waals surface area contributed by atoms with E-state index in [0.717, 1.165) is 19.4 Å². The summed E-state index contributed by atoms with van der Waals surface area (Å²) < 4.78 is 0. The number of halogens is 1. The van der Waals surface area contributed by atoms with E-state index >= 15 is 0 Å². The third-order valence-electron chi connectivity index (χ3n) is 5.28. The van der Waals surface area contributed by atoms with E-state index in [2.05, 4.69) is 27.2 Å². The Morgan fingerprint density at radius 1 is 1.44 bits per heavy atom.